The number of nitrogens with one attached hydrogen (secondary N) is 2. The molecule has 2 N–H and O–H groups in total. The summed E-state index contributed by atoms with van der Waals surface area (Å²) in [6.45, 7) is 3.43. The molecule has 1 aromatic carbocycles. The van der Waals surface area contributed by atoms with Gasteiger partial charge in [0.2, 0.25) is 5.91 Å². The minimum Gasteiger partial charge on any atom is -0.449 e. The van der Waals surface area contributed by atoms with E-state index in [-0.39, 0.29) is 29.1 Å². The first kappa shape index (κ1) is 22.7. The second-order valence-corrected chi connectivity index (χ2v) is 9.67. The van der Waals surface area contributed by atoms with Crippen LogP contribution in [0.25, 0.3) is 0 Å². The molecule has 2 aliphatic carbocycles. The van der Waals surface area contributed by atoms with Crippen molar-refractivity contribution in [3.63, 3.8) is 0 Å². The maximum Gasteiger partial charge on any atom is 0.340 e. The molecule has 2 aliphatic rings. The Labute approximate surface area is 182 Å². The molecule has 2 atom stereocenters. The standard InChI is InChI=1S/C23H32N2O4S/c1-15(21(26)24-17-9-3-4-10-17)29-23(28)19-13-7-8-14-20(19)30-16(2)22(27)25-18-11-5-6-12-18/h7-8,13-18H,3-6,9-12H2,1-2H3,(H,24,26)(H,25,27)/t15-,16-/m0/s1. The Bertz CT molecular complexity index is 757. The van der Waals surface area contributed by atoms with Gasteiger partial charge < -0.3 is 15.4 Å². The number of rotatable bonds is 8. The van der Waals surface area contributed by atoms with Crippen LogP contribution in [0, 0.1) is 0 Å². The molecule has 0 aliphatic heterocycles. The van der Waals surface area contributed by atoms with Gasteiger partial charge >= 0.3 is 5.97 Å². The summed E-state index contributed by atoms with van der Waals surface area (Å²) in [5, 5.41) is 5.73. The summed E-state index contributed by atoms with van der Waals surface area (Å²) in [5.74, 6) is -0.820. The molecule has 1 aromatic rings. The third-order valence-electron chi connectivity index (χ3n) is 5.84. The van der Waals surface area contributed by atoms with Gasteiger partial charge in [0.25, 0.3) is 5.91 Å². The number of ether oxygens (including phenoxy) is 1. The zero-order valence-electron chi connectivity index (χ0n) is 17.8. The van der Waals surface area contributed by atoms with E-state index in [1.165, 1.54) is 11.8 Å². The van der Waals surface area contributed by atoms with E-state index in [1.54, 1.807) is 19.1 Å². The summed E-state index contributed by atoms with van der Waals surface area (Å²) < 4.78 is 5.43. The van der Waals surface area contributed by atoms with Gasteiger partial charge in [-0.3, -0.25) is 9.59 Å². The van der Waals surface area contributed by atoms with Crippen LogP contribution in [-0.2, 0) is 14.3 Å². The first-order chi connectivity index (χ1) is 14.4. The summed E-state index contributed by atoms with van der Waals surface area (Å²) in [6, 6.07) is 7.52. The van der Waals surface area contributed by atoms with E-state index in [4.69, 9.17) is 4.74 Å². The molecule has 0 heterocycles. The number of esters is 1. The third-order valence-corrected chi connectivity index (χ3v) is 7.01. The van der Waals surface area contributed by atoms with Crippen LogP contribution in [-0.4, -0.2) is 41.2 Å². The first-order valence-electron chi connectivity index (χ1n) is 11.0. The van der Waals surface area contributed by atoms with Crippen molar-refractivity contribution in [1.82, 2.24) is 10.6 Å². The number of carbonyl (C=O) groups excluding carboxylic acids is 3. The minimum atomic E-state index is -0.862. The Balaban J connectivity index is 1.57. The van der Waals surface area contributed by atoms with E-state index >= 15 is 0 Å². The number of carbonyl (C=O) groups is 3. The van der Waals surface area contributed by atoms with Crippen LogP contribution in [0.2, 0.25) is 0 Å². The van der Waals surface area contributed by atoms with Gasteiger partial charge in [-0.05, 0) is 51.7 Å². The van der Waals surface area contributed by atoms with Crippen LogP contribution in [0.5, 0.6) is 0 Å². The number of hydrogen-bond acceptors (Lipinski definition) is 5. The van der Waals surface area contributed by atoms with E-state index in [2.05, 4.69) is 10.6 Å². The normalized spacial score (nSPS) is 19.3. The number of hydrogen-bond donors (Lipinski definition) is 2. The molecule has 2 amide bonds. The van der Waals surface area contributed by atoms with Gasteiger partial charge in [-0.15, -0.1) is 11.8 Å². The van der Waals surface area contributed by atoms with Gasteiger partial charge in [0, 0.05) is 17.0 Å². The monoisotopic (exact) mass is 432 g/mol. The highest BCUT2D eigenvalue weighted by Crippen LogP contribution is 2.28. The number of amides is 2. The molecule has 30 heavy (non-hydrogen) atoms. The topological polar surface area (TPSA) is 84.5 Å². The molecule has 164 valence electrons. The largest absolute Gasteiger partial charge is 0.449 e. The predicted molar refractivity (Wildman–Crippen MR) is 117 cm³/mol. The lowest BCUT2D eigenvalue weighted by atomic mass is 10.2. The molecule has 0 spiro atoms. The molecule has 0 unspecified atom stereocenters. The lowest BCUT2D eigenvalue weighted by Crippen LogP contribution is -2.41. The summed E-state index contributed by atoms with van der Waals surface area (Å²) in [7, 11) is 0. The molecular formula is C23H32N2O4S. The average molecular weight is 433 g/mol. The van der Waals surface area contributed by atoms with Gasteiger partial charge in [0.15, 0.2) is 6.10 Å². The van der Waals surface area contributed by atoms with Crippen molar-refractivity contribution in [2.24, 2.45) is 0 Å². The van der Waals surface area contributed by atoms with Crippen LogP contribution in [0.1, 0.15) is 75.6 Å². The van der Waals surface area contributed by atoms with Gasteiger partial charge in [-0.2, -0.15) is 0 Å². The lowest BCUT2D eigenvalue weighted by molar-refractivity contribution is -0.129. The molecule has 7 heteroatoms. The fourth-order valence-corrected chi connectivity index (χ4v) is 5.03. The fraction of sp³-hybridized carbons (Fsp3) is 0.609. The molecule has 2 fully saturated rings. The van der Waals surface area contributed by atoms with Crippen molar-refractivity contribution >= 4 is 29.5 Å². The summed E-state index contributed by atoms with van der Waals surface area (Å²) in [4.78, 5) is 38.3. The van der Waals surface area contributed by atoms with Gasteiger partial charge in [-0.1, -0.05) is 37.8 Å². The number of thioether (sulfide) groups is 1. The van der Waals surface area contributed by atoms with Crippen molar-refractivity contribution in [2.45, 2.75) is 93.5 Å². The third kappa shape index (κ3) is 6.24. The first-order valence-corrected chi connectivity index (χ1v) is 11.9. The molecule has 0 bridgehead atoms. The van der Waals surface area contributed by atoms with Crippen LogP contribution in [0.15, 0.2) is 29.2 Å². The molecule has 0 radical (unpaired) electrons. The Hall–Kier alpha value is -2.02. The van der Waals surface area contributed by atoms with Gasteiger partial charge in [-0.25, -0.2) is 4.79 Å². The quantitative estimate of drug-likeness (QED) is 0.482. The average Bonchev–Trinajstić information content (AvgIpc) is 3.42. The highest BCUT2D eigenvalue weighted by molar-refractivity contribution is 8.00. The van der Waals surface area contributed by atoms with Crippen LogP contribution in [0.4, 0.5) is 0 Å². The molecule has 0 saturated heterocycles. The zero-order chi connectivity index (χ0) is 21.5. The van der Waals surface area contributed by atoms with Crippen LogP contribution >= 0.6 is 11.8 Å². The zero-order valence-corrected chi connectivity index (χ0v) is 18.6. The Morgan fingerprint density at radius 2 is 1.43 bits per heavy atom. The minimum absolute atomic E-state index is 0.0145. The Kier molecular flexibility index (Phi) is 8.19. The van der Waals surface area contributed by atoms with Crippen molar-refractivity contribution in [3.05, 3.63) is 29.8 Å². The van der Waals surface area contributed by atoms with Crippen LogP contribution in [0.3, 0.4) is 0 Å². The molecule has 6 nitrogen and oxygen atoms in total. The smallest absolute Gasteiger partial charge is 0.340 e. The second-order valence-electron chi connectivity index (χ2n) is 8.28. The van der Waals surface area contributed by atoms with E-state index in [1.807, 2.05) is 19.1 Å². The summed E-state index contributed by atoms with van der Waals surface area (Å²) in [5.41, 5.74) is 0.378. The summed E-state index contributed by atoms with van der Waals surface area (Å²) >= 11 is 1.34. The van der Waals surface area contributed by atoms with Gasteiger partial charge in [0.05, 0.1) is 10.8 Å². The second kappa shape index (κ2) is 10.8. The van der Waals surface area contributed by atoms with Crippen molar-refractivity contribution in [3.8, 4) is 0 Å². The lowest BCUT2D eigenvalue weighted by Gasteiger charge is -2.19. The van der Waals surface area contributed by atoms with Gasteiger partial charge in [0.1, 0.15) is 0 Å². The van der Waals surface area contributed by atoms with E-state index in [0.29, 0.717) is 10.5 Å². The molecule has 2 saturated carbocycles. The number of benzene rings is 1. The maximum atomic E-state index is 12.7. The Morgan fingerprint density at radius 1 is 0.900 bits per heavy atom. The Morgan fingerprint density at radius 3 is 2.03 bits per heavy atom. The van der Waals surface area contributed by atoms with Crippen molar-refractivity contribution < 1.29 is 19.1 Å². The fourth-order valence-electron chi connectivity index (χ4n) is 4.04. The molecular weight excluding hydrogens is 400 g/mol. The molecule has 3 rings (SSSR count). The SMILES string of the molecule is C[C@H](OC(=O)c1ccccc1S[C@@H](C)C(=O)NC1CCCC1)C(=O)NC1CCCC1. The van der Waals surface area contributed by atoms with Crippen molar-refractivity contribution in [2.75, 3.05) is 0 Å². The highest BCUT2D eigenvalue weighted by Gasteiger charge is 2.26. The maximum absolute atomic E-state index is 12.7. The van der Waals surface area contributed by atoms with Crippen molar-refractivity contribution in [1.29, 1.82) is 0 Å². The predicted octanol–water partition coefficient (Wildman–Crippen LogP) is 3.83. The van der Waals surface area contributed by atoms with E-state index in [0.717, 1.165) is 51.4 Å². The van der Waals surface area contributed by atoms with E-state index < -0.39 is 12.1 Å². The van der Waals surface area contributed by atoms with E-state index in [9.17, 15) is 14.4 Å². The van der Waals surface area contributed by atoms with Crippen LogP contribution < -0.4 is 10.6 Å². The summed E-state index contributed by atoms with van der Waals surface area (Å²) in [6.07, 6.45) is 7.73. The molecule has 0 aromatic heterocycles. The highest BCUT2D eigenvalue weighted by atomic mass is 32.2.